The molecule has 1 amide bonds. The number of carboxylic acid groups (broad SMARTS) is 1. The predicted molar refractivity (Wildman–Crippen MR) is 149 cm³/mol. The van der Waals surface area contributed by atoms with Gasteiger partial charge in [-0.05, 0) is 65.3 Å². The number of aromatic nitrogens is 1. The number of fused-ring (bicyclic) bond motifs is 1. The number of hydrogen-bond donors (Lipinski definition) is 3. The minimum absolute atomic E-state index is 0.112. The third-order valence-electron chi connectivity index (χ3n) is 6.68. The van der Waals surface area contributed by atoms with Crippen LogP contribution in [0.2, 0.25) is 0 Å². The summed E-state index contributed by atoms with van der Waals surface area (Å²) in [6.45, 7) is 1.01. The molecular weight excluding hydrogens is 588 g/mol. The van der Waals surface area contributed by atoms with Crippen molar-refractivity contribution in [1.29, 1.82) is 0 Å². The maximum absolute atomic E-state index is 14.9. The molecule has 37 heavy (non-hydrogen) atoms. The van der Waals surface area contributed by atoms with Crippen molar-refractivity contribution in [3.63, 3.8) is 0 Å². The molecule has 3 aromatic carbocycles. The highest BCUT2D eigenvalue weighted by atomic mass is 127. The van der Waals surface area contributed by atoms with E-state index in [9.17, 15) is 23.9 Å². The number of pyridine rings is 1. The summed E-state index contributed by atoms with van der Waals surface area (Å²) in [6.07, 6.45) is 2.82. The van der Waals surface area contributed by atoms with Gasteiger partial charge in [-0.3, -0.25) is 9.59 Å². The summed E-state index contributed by atoms with van der Waals surface area (Å²) in [5, 5.41) is 12.9. The smallest absolute Gasteiger partial charge is 0.341 e. The minimum Gasteiger partial charge on any atom is -0.477 e. The molecule has 1 aliphatic rings. The monoisotopic (exact) mass is 611 g/mol. The van der Waals surface area contributed by atoms with Crippen molar-refractivity contribution in [3.8, 4) is 11.1 Å². The van der Waals surface area contributed by atoms with E-state index in [-0.39, 0.29) is 17.5 Å². The van der Waals surface area contributed by atoms with Gasteiger partial charge in [-0.15, -0.1) is 0 Å². The van der Waals surface area contributed by atoms with E-state index in [2.05, 4.69) is 10.3 Å². The average Bonchev–Trinajstić information content (AvgIpc) is 3.36. The summed E-state index contributed by atoms with van der Waals surface area (Å²) in [7, 11) is 0. The van der Waals surface area contributed by atoms with E-state index in [0.717, 1.165) is 18.4 Å². The maximum atomic E-state index is 14.9. The zero-order chi connectivity index (χ0) is 26.1. The average molecular weight is 611 g/mol. The van der Waals surface area contributed by atoms with E-state index < -0.39 is 17.2 Å². The minimum atomic E-state index is -1.29. The number of nitrogens with zero attached hydrogens (tertiary/aromatic N) is 1. The Bertz CT molecular complexity index is 1570. The fraction of sp³-hybridized carbons (Fsp3) is 0.179. The van der Waals surface area contributed by atoms with Crippen LogP contribution in [0.5, 0.6) is 0 Å². The highest BCUT2D eigenvalue weighted by Gasteiger charge is 2.30. The number of aromatic amines is 1. The fourth-order valence-corrected chi connectivity index (χ4v) is 5.68. The van der Waals surface area contributed by atoms with Crippen molar-refractivity contribution in [2.24, 2.45) is 0 Å². The van der Waals surface area contributed by atoms with Gasteiger partial charge in [0.25, 0.3) is 5.91 Å². The standard InChI is InChI=1S/C28H23FIN3O4/c29-21-13-17(8-9-19(21)16-5-2-1-3-6-16)27(35)33-12-4-7-18(33)14-31-23-11-10-22-24(25(23)30)26(34)20(15-32-22)28(36)37/h1-3,5-6,8-11,13,15,18,31H,4,7,12,14H2,(H,32,34)(H,36,37). The lowest BCUT2D eigenvalue weighted by atomic mass is 10.0. The Morgan fingerprint density at radius 2 is 1.92 bits per heavy atom. The second kappa shape index (κ2) is 10.3. The molecule has 2 heterocycles. The lowest BCUT2D eigenvalue weighted by Gasteiger charge is -2.26. The second-order valence-electron chi connectivity index (χ2n) is 8.92. The van der Waals surface area contributed by atoms with Crippen LogP contribution in [-0.2, 0) is 0 Å². The van der Waals surface area contributed by atoms with Crippen molar-refractivity contribution in [2.45, 2.75) is 18.9 Å². The zero-order valence-electron chi connectivity index (χ0n) is 19.6. The molecule has 9 heteroatoms. The quantitative estimate of drug-likeness (QED) is 0.255. The number of rotatable bonds is 6. The molecule has 1 atom stereocenters. The van der Waals surface area contributed by atoms with Gasteiger partial charge < -0.3 is 20.3 Å². The van der Waals surface area contributed by atoms with Gasteiger partial charge in [-0.2, -0.15) is 0 Å². The Labute approximate surface area is 225 Å². The highest BCUT2D eigenvalue weighted by Crippen LogP contribution is 2.28. The summed E-state index contributed by atoms with van der Waals surface area (Å²) in [6, 6.07) is 17.2. The number of amides is 1. The van der Waals surface area contributed by atoms with Gasteiger partial charge in [-0.1, -0.05) is 36.4 Å². The number of benzene rings is 3. The molecule has 1 aliphatic heterocycles. The van der Waals surface area contributed by atoms with Gasteiger partial charge in [-0.25, -0.2) is 9.18 Å². The third kappa shape index (κ3) is 4.83. The van der Waals surface area contributed by atoms with Crippen LogP contribution < -0.4 is 10.7 Å². The van der Waals surface area contributed by atoms with E-state index >= 15 is 0 Å². The highest BCUT2D eigenvalue weighted by molar-refractivity contribution is 14.1. The van der Waals surface area contributed by atoms with Gasteiger partial charge in [0.1, 0.15) is 11.4 Å². The van der Waals surface area contributed by atoms with Crippen molar-refractivity contribution < 1.29 is 19.1 Å². The van der Waals surface area contributed by atoms with Gasteiger partial charge in [0, 0.05) is 45.7 Å². The summed E-state index contributed by atoms with van der Waals surface area (Å²) >= 11 is 2.03. The van der Waals surface area contributed by atoms with Crippen molar-refractivity contribution >= 4 is 51.1 Å². The Kier molecular flexibility index (Phi) is 6.96. The predicted octanol–water partition coefficient (Wildman–Crippen LogP) is 5.35. The van der Waals surface area contributed by atoms with Gasteiger partial charge in [0.05, 0.1) is 10.9 Å². The molecule has 1 unspecified atom stereocenters. The number of anilines is 1. The Hall–Kier alpha value is -3.73. The summed E-state index contributed by atoms with van der Waals surface area (Å²) in [5.74, 6) is -1.95. The van der Waals surface area contributed by atoms with E-state index in [1.54, 1.807) is 23.1 Å². The van der Waals surface area contributed by atoms with Gasteiger partial charge in [0.2, 0.25) is 5.43 Å². The topological polar surface area (TPSA) is 102 Å². The Morgan fingerprint density at radius 3 is 2.65 bits per heavy atom. The number of H-pyrrole nitrogens is 1. The molecule has 188 valence electrons. The van der Waals surface area contributed by atoms with E-state index in [0.29, 0.717) is 44.4 Å². The molecule has 0 aliphatic carbocycles. The largest absolute Gasteiger partial charge is 0.477 e. The van der Waals surface area contributed by atoms with E-state index in [1.165, 1.54) is 12.3 Å². The first-order valence-electron chi connectivity index (χ1n) is 11.8. The molecule has 1 saturated heterocycles. The lowest BCUT2D eigenvalue weighted by molar-refractivity contribution is 0.0693. The van der Waals surface area contributed by atoms with Crippen LogP contribution in [0.1, 0.15) is 33.6 Å². The molecule has 0 saturated carbocycles. The molecule has 0 spiro atoms. The normalized spacial score (nSPS) is 15.2. The van der Waals surface area contributed by atoms with Crippen LogP contribution in [0.4, 0.5) is 10.1 Å². The van der Waals surface area contributed by atoms with Crippen LogP contribution in [0.3, 0.4) is 0 Å². The number of halogens is 2. The number of aromatic carboxylic acids is 1. The number of likely N-dealkylation sites (tertiary alicyclic amines) is 1. The number of carbonyl (C=O) groups excluding carboxylic acids is 1. The van der Waals surface area contributed by atoms with Crippen LogP contribution in [0, 0.1) is 9.39 Å². The molecule has 1 fully saturated rings. The molecule has 5 rings (SSSR count). The molecular formula is C28H23FIN3O4. The second-order valence-corrected chi connectivity index (χ2v) is 10.0. The molecule has 1 aromatic heterocycles. The van der Waals surface area contributed by atoms with Crippen LogP contribution in [0.25, 0.3) is 22.0 Å². The molecule has 0 radical (unpaired) electrons. The number of hydrogen-bond acceptors (Lipinski definition) is 4. The van der Waals surface area contributed by atoms with Gasteiger partial charge >= 0.3 is 5.97 Å². The van der Waals surface area contributed by atoms with Crippen molar-refractivity contribution in [3.05, 3.63) is 97.6 Å². The summed E-state index contributed by atoms with van der Waals surface area (Å²) in [5.41, 5.74) is 1.86. The maximum Gasteiger partial charge on any atom is 0.341 e. The number of carboxylic acids is 1. The first kappa shape index (κ1) is 24.9. The van der Waals surface area contributed by atoms with Crippen molar-refractivity contribution in [2.75, 3.05) is 18.4 Å². The van der Waals surface area contributed by atoms with Crippen LogP contribution >= 0.6 is 22.6 Å². The van der Waals surface area contributed by atoms with E-state index in [4.69, 9.17) is 0 Å². The first-order chi connectivity index (χ1) is 17.8. The molecule has 3 N–H and O–H groups in total. The van der Waals surface area contributed by atoms with Gasteiger partial charge in [0.15, 0.2) is 0 Å². The summed E-state index contributed by atoms with van der Waals surface area (Å²) < 4.78 is 15.5. The Morgan fingerprint density at radius 1 is 1.14 bits per heavy atom. The first-order valence-corrected chi connectivity index (χ1v) is 12.9. The molecule has 7 nitrogen and oxygen atoms in total. The SMILES string of the molecule is O=C(O)c1c[nH]c2ccc(NCC3CCCN3C(=O)c3ccc(-c4ccccc4)c(F)c3)c(I)c2c1=O. The zero-order valence-corrected chi connectivity index (χ0v) is 21.8. The van der Waals surface area contributed by atoms with Crippen molar-refractivity contribution in [1.82, 2.24) is 9.88 Å². The fourth-order valence-electron chi connectivity index (χ4n) is 4.77. The number of nitrogens with one attached hydrogen (secondary N) is 2. The molecule has 0 bridgehead atoms. The molecule has 4 aromatic rings. The van der Waals surface area contributed by atoms with E-state index in [1.807, 2.05) is 59.0 Å². The third-order valence-corrected chi connectivity index (χ3v) is 7.80. The Balaban J connectivity index is 1.34. The van der Waals surface area contributed by atoms with Crippen LogP contribution in [0.15, 0.2) is 71.7 Å². The summed E-state index contributed by atoms with van der Waals surface area (Å²) in [4.78, 5) is 42.0. The van der Waals surface area contributed by atoms with Crippen LogP contribution in [-0.4, -0.2) is 46.0 Å². The lowest BCUT2D eigenvalue weighted by Crippen LogP contribution is -2.39. The number of carbonyl (C=O) groups is 2.